The van der Waals surface area contributed by atoms with Crippen LogP contribution in [0.4, 0.5) is 0 Å². The summed E-state index contributed by atoms with van der Waals surface area (Å²) in [6.45, 7) is 1.55. The fourth-order valence-corrected chi connectivity index (χ4v) is 5.54. The number of hydrogen-bond acceptors (Lipinski definition) is 6. The number of methoxy groups -OCH3 is 1. The molecule has 0 bridgehead atoms. The lowest BCUT2D eigenvalue weighted by Gasteiger charge is -2.14. The van der Waals surface area contributed by atoms with Crippen LogP contribution in [0.15, 0.2) is 34.2 Å². The number of hydrogen-bond donors (Lipinski definition) is 0. The molecule has 3 aromatic rings. The molecule has 5 nitrogen and oxygen atoms in total. The number of nitrogens with zero attached hydrogens (tertiary/aromatic N) is 2. The second-order valence-corrected chi connectivity index (χ2v) is 8.64. The molecular weight excluding hydrogens is 380 g/mol. The number of rotatable bonds is 5. The summed E-state index contributed by atoms with van der Waals surface area (Å²) >= 11 is 2.93. The van der Waals surface area contributed by atoms with Crippen molar-refractivity contribution in [3.05, 3.63) is 45.1 Å². The third kappa shape index (κ3) is 3.41. The molecule has 0 aliphatic heterocycles. The first-order valence-electron chi connectivity index (χ1n) is 8.92. The molecule has 0 spiro atoms. The Balaban J connectivity index is 1.97. The maximum atomic E-state index is 13.5. The molecule has 0 radical (unpaired) electrons. The predicted octanol–water partition coefficient (Wildman–Crippen LogP) is 4.02. The van der Waals surface area contributed by atoms with Gasteiger partial charge in [-0.05, 0) is 50.3 Å². The van der Waals surface area contributed by atoms with Crippen LogP contribution < -0.4 is 10.3 Å². The van der Waals surface area contributed by atoms with Gasteiger partial charge in [-0.2, -0.15) is 0 Å². The first-order chi connectivity index (χ1) is 13.1. The molecule has 27 heavy (non-hydrogen) atoms. The third-order valence-corrected chi connectivity index (χ3v) is 6.94. The van der Waals surface area contributed by atoms with Gasteiger partial charge in [0.05, 0.1) is 23.9 Å². The Bertz CT molecular complexity index is 1080. The lowest BCUT2D eigenvalue weighted by molar-refractivity contribution is -0.114. The number of carbonyl (C=O) groups excluding carboxylic acids is 1. The van der Waals surface area contributed by atoms with Crippen LogP contribution in [0, 0.1) is 0 Å². The number of Topliss-reactive ketones (excluding diaryl/α,β-unsaturated/α-hetero) is 1. The molecule has 0 saturated heterocycles. The SMILES string of the molecule is COc1cccc(-n2c(SCC(C)=O)nc3sc4c(c3c2=O)CCCC4)c1. The first-order valence-corrected chi connectivity index (χ1v) is 10.7. The minimum atomic E-state index is -0.0568. The molecule has 0 saturated carbocycles. The summed E-state index contributed by atoms with van der Waals surface area (Å²) < 4.78 is 6.95. The van der Waals surface area contributed by atoms with E-state index in [9.17, 15) is 9.59 Å². The molecule has 7 heteroatoms. The third-order valence-electron chi connectivity index (χ3n) is 4.67. The maximum Gasteiger partial charge on any atom is 0.267 e. The van der Waals surface area contributed by atoms with Crippen molar-refractivity contribution in [1.82, 2.24) is 9.55 Å². The Morgan fingerprint density at radius 2 is 2.15 bits per heavy atom. The van der Waals surface area contributed by atoms with Gasteiger partial charge in [-0.1, -0.05) is 17.8 Å². The highest BCUT2D eigenvalue weighted by Gasteiger charge is 2.23. The standard InChI is InChI=1S/C20H20N2O3S2/c1-12(23)11-26-20-21-18-17(15-8-3-4-9-16(15)27-18)19(24)22(20)13-6-5-7-14(10-13)25-2/h5-7,10H,3-4,8-9,11H2,1-2H3. The molecule has 1 aliphatic carbocycles. The van der Waals surface area contributed by atoms with E-state index in [4.69, 9.17) is 9.72 Å². The van der Waals surface area contributed by atoms with E-state index in [0.29, 0.717) is 16.6 Å². The second-order valence-electron chi connectivity index (χ2n) is 6.62. The maximum absolute atomic E-state index is 13.5. The molecule has 0 amide bonds. The summed E-state index contributed by atoms with van der Waals surface area (Å²) in [5, 5.41) is 1.29. The van der Waals surface area contributed by atoms with Crippen LogP contribution in [-0.2, 0) is 17.6 Å². The summed E-state index contributed by atoms with van der Waals surface area (Å²) in [4.78, 5) is 31.9. The normalized spacial score (nSPS) is 13.6. The van der Waals surface area contributed by atoms with Crippen LogP contribution >= 0.6 is 23.1 Å². The largest absolute Gasteiger partial charge is 0.497 e. The van der Waals surface area contributed by atoms with E-state index in [2.05, 4.69) is 0 Å². The summed E-state index contributed by atoms with van der Waals surface area (Å²) in [5.74, 6) is 1.01. The van der Waals surface area contributed by atoms with E-state index in [1.165, 1.54) is 22.2 Å². The van der Waals surface area contributed by atoms with E-state index in [-0.39, 0.29) is 17.1 Å². The fourth-order valence-electron chi connectivity index (χ4n) is 3.43. The molecule has 140 valence electrons. The number of thiophene rings is 1. The van der Waals surface area contributed by atoms with Crippen LogP contribution in [0.5, 0.6) is 5.75 Å². The van der Waals surface area contributed by atoms with Crippen molar-refractivity contribution in [1.29, 1.82) is 0 Å². The van der Waals surface area contributed by atoms with Gasteiger partial charge in [-0.15, -0.1) is 11.3 Å². The molecule has 0 fully saturated rings. The van der Waals surface area contributed by atoms with Crippen LogP contribution in [0.3, 0.4) is 0 Å². The molecule has 0 unspecified atom stereocenters. The van der Waals surface area contributed by atoms with Gasteiger partial charge in [0.25, 0.3) is 5.56 Å². The van der Waals surface area contributed by atoms with E-state index in [1.807, 2.05) is 24.3 Å². The van der Waals surface area contributed by atoms with Crippen molar-refractivity contribution in [2.24, 2.45) is 0 Å². The van der Waals surface area contributed by atoms with Crippen LogP contribution in [-0.4, -0.2) is 28.2 Å². The summed E-state index contributed by atoms with van der Waals surface area (Å²) in [6, 6.07) is 7.39. The quantitative estimate of drug-likeness (QED) is 0.478. The Kier molecular flexibility index (Phi) is 5.06. The Morgan fingerprint density at radius 3 is 2.93 bits per heavy atom. The number of ether oxygens (including phenoxy) is 1. The van der Waals surface area contributed by atoms with Crippen LogP contribution in [0.2, 0.25) is 0 Å². The van der Waals surface area contributed by atoms with Crippen LogP contribution in [0.25, 0.3) is 15.9 Å². The minimum absolute atomic E-state index is 0.0528. The smallest absolute Gasteiger partial charge is 0.267 e. The predicted molar refractivity (Wildman–Crippen MR) is 110 cm³/mol. The van der Waals surface area contributed by atoms with Crippen molar-refractivity contribution in [2.45, 2.75) is 37.8 Å². The van der Waals surface area contributed by atoms with Crippen molar-refractivity contribution < 1.29 is 9.53 Å². The molecule has 0 N–H and O–H groups in total. The van der Waals surface area contributed by atoms with Gasteiger partial charge in [0.1, 0.15) is 16.4 Å². The van der Waals surface area contributed by atoms with Crippen molar-refractivity contribution >= 4 is 39.1 Å². The number of fused-ring (bicyclic) bond motifs is 3. The topological polar surface area (TPSA) is 61.2 Å². The average molecular weight is 401 g/mol. The van der Waals surface area contributed by atoms with E-state index in [0.717, 1.165) is 35.9 Å². The van der Waals surface area contributed by atoms with Gasteiger partial charge in [0, 0.05) is 10.9 Å². The summed E-state index contributed by atoms with van der Waals surface area (Å²) in [5.41, 5.74) is 1.81. The zero-order valence-corrected chi connectivity index (χ0v) is 16.9. The Morgan fingerprint density at radius 1 is 1.33 bits per heavy atom. The molecule has 1 aromatic carbocycles. The van der Waals surface area contributed by atoms with Crippen molar-refractivity contribution in [3.8, 4) is 11.4 Å². The zero-order chi connectivity index (χ0) is 19.0. The molecule has 2 aromatic heterocycles. The number of thioether (sulfide) groups is 1. The van der Waals surface area contributed by atoms with Crippen molar-refractivity contribution in [2.75, 3.05) is 12.9 Å². The highest BCUT2D eigenvalue weighted by molar-refractivity contribution is 7.99. The summed E-state index contributed by atoms with van der Waals surface area (Å²) in [7, 11) is 1.60. The number of aromatic nitrogens is 2. The highest BCUT2D eigenvalue weighted by Crippen LogP contribution is 2.35. The Labute approximate surface area is 165 Å². The minimum Gasteiger partial charge on any atom is -0.497 e. The van der Waals surface area contributed by atoms with Gasteiger partial charge < -0.3 is 4.74 Å². The fraction of sp³-hybridized carbons (Fsp3) is 0.350. The molecule has 2 heterocycles. The number of carbonyl (C=O) groups is 1. The van der Waals surface area contributed by atoms with Gasteiger partial charge >= 0.3 is 0 Å². The first kappa shape index (κ1) is 18.3. The molecule has 1 aliphatic rings. The van der Waals surface area contributed by atoms with Crippen LogP contribution in [0.1, 0.15) is 30.2 Å². The average Bonchev–Trinajstić information content (AvgIpc) is 3.05. The van der Waals surface area contributed by atoms with Gasteiger partial charge in [-0.3, -0.25) is 14.2 Å². The Hall–Kier alpha value is -2.12. The zero-order valence-electron chi connectivity index (χ0n) is 15.3. The number of aryl methyl sites for hydroxylation is 2. The second kappa shape index (κ2) is 7.48. The van der Waals surface area contributed by atoms with Crippen molar-refractivity contribution in [3.63, 3.8) is 0 Å². The van der Waals surface area contributed by atoms with E-state index >= 15 is 0 Å². The van der Waals surface area contributed by atoms with E-state index in [1.54, 1.807) is 29.9 Å². The highest BCUT2D eigenvalue weighted by atomic mass is 32.2. The molecular formula is C20H20N2O3S2. The molecule has 4 rings (SSSR count). The molecule has 0 atom stereocenters. The number of benzene rings is 1. The lowest BCUT2D eigenvalue weighted by Crippen LogP contribution is -2.22. The van der Waals surface area contributed by atoms with Gasteiger partial charge in [0.2, 0.25) is 0 Å². The monoisotopic (exact) mass is 400 g/mol. The van der Waals surface area contributed by atoms with E-state index < -0.39 is 0 Å². The van der Waals surface area contributed by atoms with Gasteiger partial charge in [-0.25, -0.2) is 4.98 Å². The lowest BCUT2D eigenvalue weighted by atomic mass is 9.97. The number of ketones is 1. The van der Waals surface area contributed by atoms with Gasteiger partial charge in [0.15, 0.2) is 5.16 Å². The summed E-state index contributed by atoms with van der Waals surface area (Å²) in [6.07, 6.45) is 4.23.